The molecule has 66 heavy (non-hydrogen) atoms. The Bertz CT molecular complexity index is 2360. The molecule has 0 radical (unpaired) electrons. The van der Waals surface area contributed by atoms with Crippen molar-refractivity contribution in [3.63, 3.8) is 0 Å². The van der Waals surface area contributed by atoms with Crippen molar-refractivity contribution in [3.8, 4) is 17.2 Å². The summed E-state index contributed by atoms with van der Waals surface area (Å²) in [5.41, 5.74) is 10.7. The Morgan fingerprint density at radius 2 is 0.515 bits per heavy atom. The molecule has 0 spiro atoms. The molecule has 0 saturated heterocycles. The van der Waals surface area contributed by atoms with E-state index < -0.39 is 0 Å². The van der Waals surface area contributed by atoms with Gasteiger partial charge in [0.2, 0.25) is 0 Å². The fourth-order valence-corrected chi connectivity index (χ4v) is 7.71. The first-order valence-electron chi connectivity index (χ1n) is 22.0. The van der Waals surface area contributed by atoms with Gasteiger partial charge in [0.1, 0.15) is 37.1 Å². The van der Waals surface area contributed by atoms with Gasteiger partial charge in [-0.3, -0.25) is 0 Å². The molecule has 0 fully saturated rings. The van der Waals surface area contributed by atoms with Crippen LogP contribution in [0.15, 0.2) is 164 Å². The van der Waals surface area contributed by atoms with E-state index in [4.69, 9.17) is 14.2 Å². The van der Waals surface area contributed by atoms with Crippen LogP contribution in [0.5, 0.6) is 17.2 Å². The number of para-hydroxylation sites is 3. The Balaban J connectivity index is 1.10. The second-order valence-electron chi connectivity index (χ2n) is 15.2. The van der Waals surface area contributed by atoms with E-state index in [1.165, 1.54) is 0 Å². The first kappa shape index (κ1) is 45.8. The molecular formula is C54H54N6O6. The molecule has 0 heterocycles. The van der Waals surface area contributed by atoms with Gasteiger partial charge in [0.25, 0.3) is 0 Å². The van der Waals surface area contributed by atoms with Crippen molar-refractivity contribution in [1.82, 2.24) is 0 Å². The van der Waals surface area contributed by atoms with Crippen LogP contribution in [-0.2, 0) is 39.1 Å². The van der Waals surface area contributed by atoms with Gasteiger partial charge in [0, 0.05) is 34.1 Å². The lowest BCUT2D eigenvalue weighted by Crippen LogP contribution is -2.19. The predicted molar refractivity (Wildman–Crippen MR) is 264 cm³/mol. The molecule has 0 aliphatic carbocycles. The van der Waals surface area contributed by atoms with E-state index in [1.807, 2.05) is 164 Å². The van der Waals surface area contributed by atoms with Crippen LogP contribution in [0.3, 0.4) is 0 Å². The Kier molecular flexibility index (Phi) is 15.9. The second-order valence-corrected chi connectivity index (χ2v) is 15.2. The minimum atomic E-state index is -0.340. The van der Waals surface area contributed by atoms with Crippen molar-refractivity contribution >= 4 is 52.2 Å². The summed E-state index contributed by atoms with van der Waals surface area (Å²) < 4.78 is 19.6. The maximum atomic E-state index is 12.6. The van der Waals surface area contributed by atoms with Crippen molar-refractivity contribution in [3.05, 3.63) is 197 Å². The summed E-state index contributed by atoms with van der Waals surface area (Å²) in [5.74, 6) is 1.96. The molecule has 0 saturated carbocycles. The van der Waals surface area contributed by atoms with Crippen LogP contribution in [-0.4, -0.2) is 18.1 Å². The van der Waals surface area contributed by atoms with Crippen LogP contribution in [0.1, 0.15) is 54.2 Å². The van der Waals surface area contributed by atoms with Crippen LogP contribution < -0.4 is 46.1 Å². The number of amides is 6. The van der Waals surface area contributed by atoms with Gasteiger partial charge in [-0.2, -0.15) is 0 Å². The number of carbonyl (C=O) groups excluding carboxylic acids is 3. The quantitative estimate of drug-likeness (QED) is 0.0505. The lowest BCUT2D eigenvalue weighted by molar-refractivity contribution is 0.261. The largest absolute Gasteiger partial charge is 0.489 e. The van der Waals surface area contributed by atoms with Crippen molar-refractivity contribution < 1.29 is 28.6 Å². The average Bonchev–Trinajstić information content (AvgIpc) is 3.33. The van der Waals surface area contributed by atoms with E-state index in [2.05, 4.69) is 52.7 Å². The summed E-state index contributed by atoms with van der Waals surface area (Å²) in [6, 6.07) is 48.7. The predicted octanol–water partition coefficient (Wildman–Crippen LogP) is 13.0. The first-order valence-corrected chi connectivity index (χ1v) is 22.0. The second kappa shape index (κ2) is 22.9. The Labute approximate surface area is 385 Å². The Hall–Kier alpha value is -8.25. The van der Waals surface area contributed by atoms with Crippen molar-refractivity contribution in [2.24, 2.45) is 0 Å². The Morgan fingerprint density at radius 3 is 0.727 bits per heavy atom. The van der Waals surface area contributed by atoms with Gasteiger partial charge >= 0.3 is 18.1 Å². The van der Waals surface area contributed by atoms with Crippen LogP contribution >= 0.6 is 0 Å². The number of urea groups is 3. The van der Waals surface area contributed by atoms with Crippen LogP contribution in [0, 0.1) is 0 Å². The monoisotopic (exact) mass is 882 g/mol. The number of ether oxygens (including phenoxy) is 3. The number of anilines is 6. The molecule has 7 rings (SSSR count). The summed E-state index contributed by atoms with van der Waals surface area (Å²) in [4.78, 5) is 37.9. The molecule has 336 valence electrons. The lowest BCUT2D eigenvalue weighted by Gasteiger charge is -2.26. The highest BCUT2D eigenvalue weighted by Crippen LogP contribution is 2.34. The zero-order chi connectivity index (χ0) is 46.1. The topological polar surface area (TPSA) is 151 Å². The molecule has 0 bridgehead atoms. The summed E-state index contributed by atoms with van der Waals surface area (Å²) in [7, 11) is 0. The number of nitrogens with one attached hydrogen (secondary N) is 6. The number of hydrogen-bond donors (Lipinski definition) is 6. The lowest BCUT2D eigenvalue weighted by atomic mass is 9.84. The summed E-state index contributed by atoms with van der Waals surface area (Å²) in [6.07, 6.45) is 2.22. The van der Waals surface area contributed by atoms with Gasteiger partial charge in [0.15, 0.2) is 0 Å². The maximum absolute atomic E-state index is 12.6. The smallest absolute Gasteiger partial charge is 0.323 e. The van der Waals surface area contributed by atoms with Crippen molar-refractivity contribution in [2.45, 2.75) is 59.9 Å². The van der Waals surface area contributed by atoms with Gasteiger partial charge in [-0.15, -0.1) is 0 Å². The maximum Gasteiger partial charge on any atom is 0.323 e. The van der Waals surface area contributed by atoms with E-state index >= 15 is 0 Å². The van der Waals surface area contributed by atoms with Gasteiger partial charge in [-0.05, 0) is 162 Å². The molecule has 7 aromatic rings. The molecule has 0 atom stereocenters. The van der Waals surface area contributed by atoms with Crippen LogP contribution in [0.4, 0.5) is 48.5 Å². The highest BCUT2D eigenvalue weighted by molar-refractivity contribution is 6.01. The van der Waals surface area contributed by atoms with E-state index in [1.54, 1.807) is 0 Å². The molecule has 0 aliphatic heterocycles. The van der Waals surface area contributed by atoms with E-state index in [0.29, 0.717) is 71.2 Å². The minimum Gasteiger partial charge on any atom is -0.489 e. The van der Waals surface area contributed by atoms with E-state index in [0.717, 1.165) is 52.6 Å². The molecule has 0 aromatic heterocycles. The van der Waals surface area contributed by atoms with Gasteiger partial charge < -0.3 is 46.1 Å². The highest BCUT2D eigenvalue weighted by atomic mass is 16.5. The SMILES string of the molecule is CCc1c(COc2ccc(NC(=O)Nc3ccccc3)cc2)c(CC)c(COc2ccc(NC(=O)Nc3ccccc3)cc2)c(CC)c1COc1ccc(NC(=O)Nc2ccccc2)cc1. The van der Waals surface area contributed by atoms with E-state index in [9.17, 15) is 14.4 Å². The molecule has 7 aromatic carbocycles. The number of carbonyl (C=O) groups is 3. The average molecular weight is 883 g/mol. The van der Waals surface area contributed by atoms with Crippen LogP contribution in [0.25, 0.3) is 0 Å². The van der Waals surface area contributed by atoms with Gasteiger partial charge in [-0.1, -0.05) is 75.4 Å². The molecule has 6 amide bonds. The molecule has 0 unspecified atom stereocenters. The fraction of sp³-hybridized carbons (Fsp3) is 0.167. The zero-order valence-corrected chi connectivity index (χ0v) is 37.3. The van der Waals surface area contributed by atoms with E-state index in [-0.39, 0.29) is 18.1 Å². The van der Waals surface area contributed by atoms with Gasteiger partial charge in [0.05, 0.1) is 0 Å². The number of hydrogen-bond acceptors (Lipinski definition) is 6. The summed E-state index contributed by atoms with van der Waals surface area (Å²) >= 11 is 0. The number of benzene rings is 7. The van der Waals surface area contributed by atoms with Crippen molar-refractivity contribution in [1.29, 1.82) is 0 Å². The van der Waals surface area contributed by atoms with Crippen LogP contribution in [0.2, 0.25) is 0 Å². The third-order valence-electron chi connectivity index (χ3n) is 10.8. The first-order chi connectivity index (χ1) is 32.3. The molecule has 6 N–H and O–H groups in total. The third-order valence-corrected chi connectivity index (χ3v) is 10.8. The molecule has 0 aliphatic rings. The number of rotatable bonds is 18. The third kappa shape index (κ3) is 12.7. The highest BCUT2D eigenvalue weighted by Gasteiger charge is 2.23. The van der Waals surface area contributed by atoms with Crippen molar-refractivity contribution in [2.75, 3.05) is 31.9 Å². The zero-order valence-electron chi connectivity index (χ0n) is 37.3. The normalized spacial score (nSPS) is 10.6. The van der Waals surface area contributed by atoms with Gasteiger partial charge in [-0.25, -0.2) is 14.4 Å². The molecule has 12 nitrogen and oxygen atoms in total. The standard InChI is InChI=1S/C54H54N6O6/c1-4-46-49(34-64-43-28-22-40(23-29-43)58-52(61)55-37-16-10-7-11-17-37)47(5-2)51(36-66-45-32-26-42(27-33-45)60-54(63)57-39-20-14-9-15-21-39)48(6-3)50(46)35-65-44-30-24-41(25-31-44)59-53(62)56-38-18-12-8-13-19-38/h7-33H,4-6,34-36H2,1-3H3,(H2,55,58,61)(H2,56,59,62)(H2,57,60,63). The minimum absolute atomic E-state index is 0.300. The Morgan fingerprint density at radius 1 is 0.303 bits per heavy atom. The fourth-order valence-electron chi connectivity index (χ4n) is 7.71. The molecular weight excluding hydrogens is 829 g/mol. The summed E-state index contributed by atoms with van der Waals surface area (Å²) in [6.45, 7) is 7.34. The summed E-state index contributed by atoms with van der Waals surface area (Å²) in [5, 5.41) is 17.1. The molecule has 12 heteroatoms.